The van der Waals surface area contributed by atoms with Crippen molar-refractivity contribution < 1.29 is 4.74 Å². The molecule has 0 spiro atoms. The van der Waals surface area contributed by atoms with Gasteiger partial charge in [0.25, 0.3) is 0 Å². The molecular formula is C14H21BrN2O. The number of halogens is 1. The van der Waals surface area contributed by atoms with Crippen molar-refractivity contribution in [2.45, 2.75) is 32.1 Å². The highest BCUT2D eigenvalue weighted by molar-refractivity contribution is 9.10. The molecule has 1 aliphatic rings. The second kappa shape index (κ2) is 6.15. The van der Waals surface area contributed by atoms with Crippen LogP contribution in [0.5, 0.6) is 0 Å². The van der Waals surface area contributed by atoms with Crippen molar-refractivity contribution in [2.75, 3.05) is 19.6 Å². The SMILES string of the molecule is C[C@H]1CN([C@@H](CN)c2ccccc2Br)C[C@H](C)O1. The average molecular weight is 313 g/mol. The molecule has 4 heteroatoms. The van der Waals surface area contributed by atoms with Gasteiger partial charge in [0.1, 0.15) is 0 Å². The van der Waals surface area contributed by atoms with Crippen LogP contribution >= 0.6 is 15.9 Å². The van der Waals surface area contributed by atoms with E-state index in [2.05, 4.69) is 52.9 Å². The molecule has 0 bridgehead atoms. The summed E-state index contributed by atoms with van der Waals surface area (Å²) in [5.41, 5.74) is 7.26. The number of nitrogens with two attached hydrogens (primary N) is 1. The Labute approximate surface area is 117 Å². The lowest BCUT2D eigenvalue weighted by molar-refractivity contribution is -0.0800. The summed E-state index contributed by atoms with van der Waals surface area (Å²) in [7, 11) is 0. The minimum absolute atomic E-state index is 0.259. The molecule has 1 heterocycles. The van der Waals surface area contributed by atoms with Crippen molar-refractivity contribution in [3.8, 4) is 0 Å². The average Bonchev–Trinajstić information content (AvgIpc) is 2.31. The summed E-state index contributed by atoms with van der Waals surface area (Å²) in [6.45, 7) is 6.75. The highest BCUT2D eigenvalue weighted by atomic mass is 79.9. The standard InChI is InChI=1S/C14H21BrN2O/c1-10-8-17(9-11(2)18-10)14(7-16)12-5-3-4-6-13(12)15/h3-6,10-11,14H,7-9,16H2,1-2H3/t10-,11-,14-/m0/s1. The van der Waals surface area contributed by atoms with E-state index in [4.69, 9.17) is 10.5 Å². The molecule has 0 aromatic heterocycles. The quantitative estimate of drug-likeness (QED) is 0.932. The Bertz CT molecular complexity index is 389. The van der Waals surface area contributed by atoms with Crippen LogP contribution in [0.2, 0.25) is 0 Å². The highest BCUT2D eigenvalue weighted by Gasteiger charge is 2.28. The predicted octanol–water partition coefficient (Wildman–Crippen LogP) is 2.56. The minimum Gasteiger partial charge on any atom is -0.373 e. The summed E-state index contributed by atoms with van der Waals surface area (Å²) in [5.74, 6) is 0. The molecule has 2 rings (SSSR count). The third-order valence-corrected chi connectivity index (χ3v) is 4.10. The summed E-state index contributed by atoms with van der Waals surface area (Å²) >= 11 is 3.62. The Kier molecular flexibility index (Phi) is 4.78. The van der Waals surface area contributed by atoms with Crippen LogP contribution in [0, 0.1) is 0 Å². The van der Waals surface area contributed by atoms with Gasteiger partial charge in [-0.3, -0.25) is 4.90 Å². The maximum absolute atomic E-state index is 5.99. The zero-order valence-electron chi connectivity index (χ0n) is 11.0. The Hall–Kier alpha value is -0.420. The van der Waals surface area contributed by atoms with Crippen LogP contribution < -0.4 is 5.73 Å². The molecule has 1 aromatic carbocycles. The molecule has 100 valence electrons. The smallest absolute Gasteiger partial charge is 0.0678 e. The molecule has 3 atom stereocenters. The fraction of sp³-hybridized carbons (Fsp3) is 0.571. The molecule has 0 unspecified atom stereocenters. The third-order valence-electron chi connectivity index (χ3n) is 3.38. The van der Waals surface area contributed by atoms with Gasteiger partial charge in [-0.05, 0) is 25.5 Å². The van der Waals surface area contributed by atoms with Gasteiger partial charge in [0, 0.05) is 30.1 Å². The van der Waals surface area contributed by atoms with Gasteiger partial charge >= 0.3 is 0 Å². The van der Waals surface area contributed by atoms with Gasteiger partial charge < -0.3 is 10.5 Å². The first kappa shape index (κ1) is 14.0. The van der Waals surface area contributed by atoms with Gasteiger partial charge in [-0.25, -0.2) is 0 Å². The number of hydrogen-bond acceptors (Lipinski definition) is 3. The maximum Gasteiger partial charge on any atom is 0.0678 e. The summed E-state index contributed by atoms with van der Waals surface area (Å²) < 4.78 is 6.91. The number of ether oxygens (including phenoxy) is 1. The molecule has 1 aliphatic heterocycles. The molecule has 0 saturated carbocycles. The van der Waals surface area contributed by atoms with E-state index in [9.17, 15) is 0 Å². The second-order valence-corrected chi connectivity index (χ2v) is 5.84. The Morgan fingerprint density at radius 1 is 1.33 bits per heavy atom. The van der Waals surface area contributed by atoms with Crippen molar-refractivity contribution in [3.05, 3.63) is 34.3 Å². The fourth-order valence-electron chi connectivity index (χ4n) is 2.69. The lowest BCUT2D eigenvalue weighted by atomic mass is 10.0. The van der Waals surface area contributed by atoms with Crippen LogP contribution in [0.4, 0.5) is 0 Å². The first-order chi connectivity index (χ1) is 8.61. The van der Waals surface area contributed by atoms with Gasteiger partial charge in [-0.15, -0.1) is 0 Å². The van der Waals surface area contributed by atoms with E-state index in [1.807, 2.05) is 6.07 Å². The van der Waals surface area contributed by atoms with Crippen LogP contribution in [0.15, 0.2) is 28.7 Å². The van der Waals surface area contributed by atoms with Crippen molar-refractivity contribution >= 4 is 15.9 Å². The van der Waals surface area contributed by atoms with Crippen LogP contribution in [0.1, 0.15) is 25.5 Å². The summed E-state index contributed by atoms with van der Waals surface area (Å²) in [6.07, 6.45) is 0.538. The zero-order valence-corrected chi connectivity index (χ0v) is 12.6. The van der Waals surface area contributed by atoms with Gasteiger partial charge in [-0.1, -0.05) is 34.1 Å². The zero-order chi connectivity index (χ0) is 13.1. The second-order valence-electron chi connectivity index (χ2n) is 4.98. The van der Waals surface area contributed by atoms with Gasteiger partial charge in [0.05, 0.1) is 12.2 Å². The Morgan fingerprint density at radius 3 is 2.50 bits per heavy atom. The van der Waals surface area contributed by atoms with Crippen molar-refractivity contribution in [1.29, 1.82) is 0 Å². The number of nitrogens with zero attached hydrogens (tertiary/aromatic N) is 1. The van der Waals surface area contributed by atoms with Gasteiger partial charge in [-0.2, -0.15) is 0 Å². The molecular weight excluding hydrogens is 292 g/mol. The maximum atomic E-state index is 5.99. The largest absolute Gasteiger partial charge is 0.373 e. The monoisotopic (exact) mass is 312 g/mol. The first-order valence-electron chi connectivity index (χ1n) is 6.45. The highest BCUT2D eigenvalue weighted by Crippen LogP contribution is 2.29. The van der Waals surface area contributed by atoms with Crippen molar-refractivity contribution in [2.24, 2.45) is 5.73 Å². The number of rotatable bonds is 3. The van der Waals surface area contributed by atoms with E-state index in [1.165, 1.54) is 5.56 Å². The third kappa shape index (κ3) is 3.12. The summed E-state index contributed by atoms with van der Waals surface area (Å²) in [6, 6.07) is 8.58. The molecule has 0 aliphatic carbocycles. The van der Waals surface area contributed by atoms with Crippen LogP contribution in [-0.2, 0) is 4.74 Å². The van der Waals surface area contributed by atoms with Crippen LogP contribution in [0.25, 0.3) is 0 Å². The fourth-order valence-corrected chi connectivity index (χ4v) is 3.24. The molecule has 1 fully saturated rings. The van der Waals surface area contributed by atoms with Crippen molar-refractivity contribution in [3.63, 3.8) is 0 Å². The van der Waals surface area contributed by atoms with Crippen LogP contribution in [0.3, 0.4) is 0 Å². The number of morpholine rings is 1. The molecule has 1 saturated heterocycles. The van der Waals surface area contributed by atoms with Gasteiger partial charge in [0.2, 0.25) is 0 Å². The van der Waals surface area contributed by atoms with Crippen molar-refractivity contribution in [1.82, 2.24) is 4.90 Å². The van der Waals surface area contributed by atoms with E-state index < -0.39 is 0 Å². The predicted molar refractivity (Wildman–Crippen MR) is 77.5 cm³/mol. The summed E-state index contributed by atoms with van der Waals surface area (Å²) in [5, 5.41) is 0. The first-order valence-corrected chi connectivity index (χ1v) is 7.25. The minimum atomic E-state index is 0.259. The van der Waals surface area contributed by atoms with E-state index >= 15 is 0 Å². The van der Waals surface area contributed by atoms with E-state index in [0.717, 1.165) is 17.6 Å². The number of hydrogen-bond donors (Lipinski definition) is 1. The van der Waals surface area contributed by atoms with E-state index in [0.29, 0.717) is 6.54 Å². The van der Waals surface area contributed by atoms with E-state index in [1.54, 1.807) is 0 Å². The number of benzene rings is 1. The lowest BCUT2D eigenvalue weighted by Gasteiger charge is -2.40. The Balaban J connectivity index is 2.20. The lowest BCUT2D eigenvalue weighted by Crippen LogP contribution is -2.48. The van der Waals surface area contributed by atoms with E-state index in [-0.39, 0.29) is 18.2 Å². The molecule has 0 amide bonds. The molecule has 1 aromatic rings. The Morgan fingerprint density at radius 2 is 1.94 bits per heavy atom. The molecule has 18 heavy (non-hydrogen) atoms. The van der Waals surface area contributed by atoms with Crippen LogP contribution in [-0.4, -0.2) is 36.7 Å². The normalized spacial score (nSPS) is 27.1. The molecule has 3 nitrogen and oxygen atoms in total. The summed E-state index contributed by atoms with van der Waals surface area (Å²) in [4.78, 5) is 2.43. The topological polar surface area (TPSA) is 38.5 Å². The molecule has 2 N–H and O–H groups in total. The molecule has 0 radical (unpaired) electrons. The van der Waals surface area contributed by atoms with Gasteiger partial charge in [0.15, 0.2) is 0 Å².